The van der Waals surface area contributed by atoms with E-state index in [4.69, 9.17) is 0 Å². The largest absolute Gasteiger partial charge is 0.465 e. The zero-order valence-electron chi connectivity index (χ0n) is 9.83. The van der Waals surface area contributed by atoms with Crippen molar-refractivity contribution in [3.63, 3.8) is 0 Å². The van der Waals surface area contributed by atoms with Crippen LogP contribution in [0.2, 0.25) is 0 Å². The second-order valence-corrected chi connectivity index (χ2v) is 4.31. The number of hydrogen-bond donors (Lipinski definition) is 1. The van der Waals surface area contributed by atoms with E-state index in [2.05, 4.69) is 10.1 Å². The lowest BCUT2D eigenvalue weighted by Gasteiger charge is -2.16. The predicted octanol–water partition coefficient (Wildman–Crippen LogP) is 2.97. The van der Waals surface area contributed by atoms with Gasteiger partial charge in [-0.25, -0.2) is 9.18 Å². The van der Waals surface area contributed by atoms with E-state index >= 15 is 0 Å². The number of carbonyl (C=O) groups excluding carboxylic acids is 1. The molecule has 0 aromatic heterocycles. The molecule has 0 amide bonds. The lowest BCUT2D eigenvalue weighted by molar-refractivity contribution is 0.0601. The monoisotopic (exact) mass is 237 g/mol. The molecule has 2 rings (SSSR count). The average molecular weight is 237 g/mol. The number of halogens is 1. The van der Waals surface area contributed by atoms with Gasteiger partial charge in [-0.2, -0.15) is 0 Å². The van der Waals surface area contributed by atoms with Crippen LogP contribution in [0.3, 0.4) is 0 Å². The molecule has 0 saturated heterocycles. The first-order valence-electron chi connectivity index (χ1n) is 5.85. The van der Waals surface area contributed by atoms with E-state index < -0.39 is 11.8 Å². The van der Waals surface area contributed by atoms with Crippen LogP contribution in [0, 0.1) is 5.82 Å². The fraction of sp³-hybridized carbons (Fsp3) is 0.462. The summed E-state index contributed by atoms with van der Waals surface area (Å²) in [5.74, 6) is -0.938. The molecule has 17 heavy (non-hydrogen) atoms. The first-order chi connectivity index (χ1) is 8.20. The Morgan fingerprint density at radius 2 is 2.12 bits per heavy atom. The van der Waals surface area contributed by atoms with Gasteiger partial charge in [-0.3, -0.25) is 0 Å². The molecule has 0 radical (unpaired) electrons. The molecule has 0 heterocycles. The maximum atomic E-state index is 13.1. The zero-order valence-corrected chi connectivity index (χ0v) is 9.83. The molecule has 1 aliphatic rings. The van der Waals surface area contributed by atoms with Crippen molar-refractivity contribution in [2.24, 2.45) is 0 Å². The molecule has 4 heteroatoms. The Morgan fingerprint density at radius 1 is 1.41 bits per heavy atom. The third-order valence-electron chi connectivity index (χ3n) is 3.10. The van der Waals surface area contributed by atoms with Gasteiger partial charge in [-0.15, -0.1) is 0 Å². The van der Waals surface area contributed by atoms with Gasteiger partial charge < -0.3 is 10.1 Å². The highest BCUT2D eigenvalue weighted by molar-refractivity contribution is 5.95. The van der Waals surface area contributed by atoms with Gasteiger partial charge in [0, 0.05) is 11.7 Å². The SMILES string of the molecule is COC(=O)c1cc(F)ccc1NC1CCCC1. The number of hydrogen-bond acceptors (Lipinski definition) is 3. The Bertz CT molecular complexity index is 414. The summed E-state index contributed by atoms with van der Waals surface area (Å²) in [7, 11) is 1.30. The van der Waals surface area contributed by atoms with Crippen LogP contribution >= 0.6 is 0 Å². The first-order valence-corrected chi connectivity index (χ1v) is 5.85. The summed E-state index contributed by atoms with van der Waals surface area (Å²) in [6.45, 7) is 0. The number of carbonyl (C=O) groups is 1. The highest BCUT2D eigenvalue weighted by atomic mass is 19.1. The van der Waals surface area contributed by atoms with Gasteiger partial charge >= 0.3 is 5.97 Å². The number of esters is 1. The molecule has 0 unspecified atom stereocenters. The fourth-order valence-corrected chi connectivity index (χ4v) is 2.21. The van der Waals surface area contributed by atoms with Gasteiger partial charge in [0.05, 0.1) is 12.7 Å². The van der Waals surface area contributed by atoms with Crippen molar-refractivity contribution >= 4 is 11.7 Å². The minimum atomic E-state index is -0.509. The maximum absolute atomic E-state index is 13.1. The van der Waals surface area contributed by atoms with Crippen LogP contribution < -0.4 is 5.32 Å². The standard InChI is InChI=1S/C13H16FNO2/c1-17-13(16)11-8-9(14)6-7-12(11)15-10-4-2-3-5-10/h6-8,10,15H,2-5H2,1H3. The second kappa shape index (κ2) is 5.17. The number of rotatable bonds is 3. The predicted molar refractivity (Wildman–Crippen MR) is 63.6 cm³/mol. The smallest absolute Gasteiger partial charge is 0.340 e. The van der Waals surface area contributed by atoms with E-state index in [1.54, 1.807) is 6.07 Å². The van der Waals surface area contributed by atoms with Gasteiger partial charge in [-0.05, 0) is 31.0 Å². The number of anilines is 1. The quantitative estimate of drug-likeness (QED) is 0.821. The Kier molecular flexibility index (Phi) is 3.61. The fourth-order valence-electron chi connectivity index (χ4n) is 2.21. The molecule has 3 nitrogen and oxygen atoms in total. The van der Waals surface area contributed by atoms with Crippen molar-refractivity contribution in [2.75, 3.05) is 12.4 Å². The maximum Gasteiger partial charge on any atom is 0.340 e. The van der Waals surface area contributed by atoms with Crippen LogP contribution in [0.4, 0.5) is 10.1 Å². The zero-order chi connectivity index (χ0) is 12.3. The molecular formula is C13H16FNO2. The van der Waals surface area contributed by atoms with E-state index in [1.807, 2.05) is 0 Å². The van der Waals surface area contributed by atoms with Gasteiger partial charge in [0.1, 0.15) is 5.82 Å². The molecule has 1 N–H and O–H groups in total. The summed E-state index contributed by atoms with van der Waals surface area (Å²) in [4.78, 5) is 11.5. The van der Waals surface area contributed by atoms with E-state index in [0.717, 1.165) is 12.8 Å². The van der Waals surface area contributed by atoms with E-state index in [0.29, 0.717) is 11.7 Å². The Balaban J connectivity index is 2.22. The second-order valence-electron chi connectivity index (χ2n) is 4.31. The summed E-state index contributed by atoms with van der Waals surface area (Å²) in [6.07, 6.45) is 4.59. The van der Waals surface area contributed by atoms with Gasteiger partial charge in [0.15, 0.2) is 0 Å². The van der Waals surface area contributed by atoms with Crippen molar-refractivity contribution < 1.29 is 13.9 Å². The molecule has 92 valence electrons. The Hall–Kier alpha value is -1.58. The molecule has 0 spiro atoms. The molecule has 0 aliphatic heterocycles. The minimum Gasteiger partial charge on any atom is -0.465 e. The normalized spacial score (nSPS) is 15.9. The van der Waals surface area contributed by atoms with Gasteiger partial charge in [0.2, 0.25) is 0 Å². The lowest BCUT2D eigenvalue weighted by Crippen LogP contribution is -2.17. The Morgan fingerprint density at radius 3 is 2.76 bits per heavy atom. The molecule has 1 fully saturated rings. The minimum absolute atomic E-state index is 0.263. The Labute approximate surface area is 100.0 Å². The number of methoxy groups -OCH3 is 1. The third kappa shape index (κ3) is 2.75. The van der Waals surface area contributed by atoms with Gasteiger partial charge in [0.25, 0.3) is 0 Å². The van der Waals surface area contributed by atoms with Crippen LogP contribution in [-0.4, -0.2) is 19.1 Å². The topological polar surface area (TPSA) is 38.3 Å². The summed E-state index contributed by atoms with van der Waals surface area (Å²) in [5, 5.41) is 3.28. The van der Waals surface area contributed by atoms with E-state index in [9.17, 15) is 9.18 Å². The molecule has 1 aromatic rings. The van der Waals surface area contributed by atoms with Crippen LogP contribution in [-0.2, 0) is 4.74 Å². The average Bonchev–Trinajstić information content (AvgIpc) is 2.83. The number of benzene rings is 1. The van der Waals surface area contributed by atoms with Gasteiger partial charge in [-0.1, -0.05) is 12.8 Å². The molecule has 1 aromatic carbocycles. The summed E-state index contributed by atoms with van der Waals surface area (Å²) < 4.78 is 17.8. The van der Waals surface area contributed by atoms with Crippen LogP contribution in [0.5, 0.6) is 0 Å². The molecule has 0 bridgehead atoms. The van der Waals surface area contributed by atoms with Crippen LogP contribution in [0.15, 0.2) is 18.2 Å². The number of ether oxygens (including phenoxy) is 1. The highest BCUT2D eigenvalue weighted by Gasteiger charge is 2.18. The van der Waals surface area contributed by atoms with E-state index in [1.165, 1.54) is 32.1 Å². The molecular weight excluding hydrogens is 221 g/mol. The van der Waals surface area contributed by atoms with Crippen molar-refractivity contribution in [2.45, 2.75) is 31.7 Å². The molecule has 1 aliphatic carbocycles. The summed E-state index contributed by atoms with van der Waals surface area (Å²) in [5.41, 5.74) is 0.921. The van der Waals surface area contributed by atoms with Crippen molar-refractivity contribution in [1.29, 1.82) is 0 Å². The van der Waals surface area contributed by atoms with Crippen molar-refractivity contribution in [1.82, 2.24) is 0 Å². The van der Waals surface area contributed by atoms with Crippen molar-refractivity contribution in [3.05, 3.63) is 29.6 Å². The van der Waals surface area contributed by atoms with Crippen LogP contribution in [0.1, 0.15) is 36.0 Å². The summed E-state index contributed by atoms with van der Waals surface area (Å²) in [6, 6.07) is 4.54. The molecule has 0 atom stereocenters. The molecule has 1 saturated carbocycles. The lowest BCUT2D eigenvalue weighted by atomic mass is 10.1. The third-order valence-corrected chi connectivity index (χ3v) is 3.10. The highest BCUT2D eigenvalue weighted by Crippen LogP contribution is 2.25. The van der Waals surface area contributed by atoms with Crippen molar-refractivity contribution in [3.8, 4) is 0 Å². The van der Waals surface area contributed by atoms with E-state index in [-0.39, 0.29) is 5.56 Å². The number of nitrogens with one attached hydrogen (secondary N) is 1. The first kappa shape index (κ1) is 11.9. The summed E-state index contributed by atoms with van der Waals surface area (Å²) >= 11 is 0. The van der Waals surface area contributed by atoms with Crippen LogP contribution in [0.25, 0.3) is 0 Å².